The maximum absolute atomic E-state index is 11.6. The van der Waals surface area contributed by atoms with Crippen LogP contribution in [0.15, 0.2) is 18.2 Å². The molecule has 98 valence electrons. The van der Waals surface area contributed by atoms with Crippen LogP contribution in [0.3, 0.4) is 0 Å². The van der Waals surface area contributed by atoms with Gasteiger partial charge in [-0.15, -0.1) is 0 Å². The van der Waals surface area contributed by atoms with Gasteiger partial charge in [-0.2, -0.15) is 0 Å². The molecule has 5 heteroatoms. The van der Waals surface area contributed by atoms with Gasteiger partial charge in [0.25, 0.3) is 0 Å². The number of rotatable bonds is 4. The van der Waals surface area contributed by atoms with E-state index in [9.17, 15) is 15.0 Å². The molecule has 0 aromatic heterocycles. The molecule has 1 aliphatic heterocycles. The second kappa shape index (κ2) is 5.82. The molecule has 0 fully saturated rings. The minimum absolute atomic E-state index is 0.0540. The van der Waals surface area contributed by atoms with Crippen LogP contribution in [0.25, 0.3) is 0 Å². The van der Waals surface area contributed by atoms with Gasteiger partial charge >= 0.3 is 0 Å². The molecule has 1 aromatic carbocycles. The molecule has 2 atom stereocenters. The van der Waals surface area contributed by atoms with Gasteiger partial charge in [0.1, 0.15) is 11.9 Å². The molecule has 0 radical (unpaired) electrons. The Morgan fingerprint density at radius 3 is 2.89 bits per heavy atom. The van der Waals surface area contributed by atoms with Gasteiger partial charge in [0.05, 0.1) is 18.3 Å². The van der Waals surface area contributed by atoms with Gasteiger partial charge in [0, 0.05) is 11.8 Å². The molecule has 0 saturated carbocycles. The van der Waals surface area contributed by atoms with Gasteiger partial charge in [-0.25, -0.2) is 0 Å². The number of hydrogen-bond donors (Lipinski definition) is 2. The van der Waals surface area contributed by atoms with Crippen LogP contribution >= 0.6 is 15.9 Å². The summed E-state index contributed by atoms with van der Waals surface area (Å²) in [6.45, 7) is 0.370. The van der Waals surface area contributed by atoms with Gasteiger partial charge in [-0.1, -0.05) is 22.0 Å². The van der Waals surface area contributed by atoms with Crippen LogP contribution < -0.4 is 4.74 Å². The fourth-order valence-corrected chi connectivity index (χ4v) is 2.42. The summed E-state index contributed by atoms with van der Waals surface area (Å²) in [5.41, 5.74) is 1.11. The third kappa shape index (κ3) is 2.74. The molecule has 4 nitrogen and oxygen atoms in total. The van der Waals surface area contributed by atoms with Crippen molar-refractivity contribution in [3.05, 3.63) is 29.3 Å². The number of benzene rings is 1. The highest BCUT2D eigenvalue weighted by molar-refractivity contribution is 9.09. The summed E-state index contributed by atoms with van der Waals surface area (Å²) in [5.74, 6) is 0.548. The van der Waals surface area contributed by atoms with Crippen molar-refractivity contribution < 1.29 is 19.7 Å². The second-order valence-corrected chi connectivity index (χ2v) is 5.06. The highest BCUT2D eigenvalue weighted by Crippen LogP contribution is 2.29. The minimum atomic E-state index is -0.964. The van der Waals surface area contributed by atoms with E-state index in [1.807, 2.05) is 0 Å². The lowest BCUT2D eigenvalue weighted by Crippen LogP contribution is -2.20. The van der Waals surface area contributed by atoms with Crippen LogP contribution in [0.4, 0.5) is 0 Å². The Hall–Kier alpha value is -0.910. The number of hydrogen-bond acceptors (Lipinski definition) is 4. The first-order valence-corrected chi connectivity index (χ1v) is 6.97. The monoisotopic (exact) mass is 314 g/mol. The van der Waals surface area contributed by atoms with E-state index >= 15 is 0 Å². The Balaban J connectivity index is 2.23. The lowest BCUT2D eigenvalue weighted by atomic mass is 9.97. The molecule has 1 heterocycles. The van der Waals surface area contributed by atoms with Crippen molar-refractivity contribution in [2.75, 3.05) is 11.9 Å². The van der Waals surface area contributed by atoms with Crippen molar-refractivity contribution in [2.24, 2.45) is 0 Å². The average Bonchev–Trinajstić information content (AvgIpc) is 2.38. The molecule has 18 heavy (non-hydrogen) atoms. The number of aliphatic hydroxyl groups excluding tert-OH is 2. The van der Waals surface area contributed by atoms with Gasteiger partial charge < -0.3 is 14.9 Å². The summed E-state index contributed by atoms with van der Waals surface area (Å²) in [4.78, 5) is 11.6. The number of fused-ring (bicyclic) bond motifs is 1. The van der Waals surface area contributed by atoms with Crippen LogP contribution in [0.1, 0.15) is 34.9 Å². The lowest BCUT2D eigenvalue weighted by molar-refractivity contribution is 0.0172. The number of ether oxygens (including phenoxy) is 1. The summed E-state index contributed by atoms with van der Waals surface area (Å²) in [7, 11) is 0. The maximum Gasteiger partial charge on any atom is 0.169 e. The van der Waals surface area contributed by atoms with E-state index in [1.54, 1.807) is 18.2 Å². The fraction of sp³-hybridized carbons (Fsp3) is 0.462. The summed E-state index contributed by atoms with van der Waals surface area (Å²) in [6.07, 6.45) is -0.950. The number of Topliss-reactive ketones (excluding diaryl/α,β-unsaturated/α-hetero) is 1. The molecule has 0 spiro atoms. The zero-order valence-electron chi connectivity index (χ0n) is 9.80. The van der Waals surface area contributed by atoms with Crippen molar-refractivity contribution in [2.45, 2.75) is 25.0 Å². The zero-order chi connectivity index (χ0) is 13.1. The van der Waals surface area contributed by atoms with E-state index in [2.05, 4.69) is 15.9 Å². The highest BCUT2D eigenvalue weighted by Gasteiger charge is 2.23. The Kier molecular flexibility index (Phi) is 4.37. The number of ketones is 1. The van der Waals surface area contributed by atoms with E-state index < -0.39 is 12.2 Å². The van der Waals surface area contributed by atoms with Crippen molar-refractivity contribution in [1.29, 1.82) is 0 Å². The number of alkyl halides is 1. The SMILES string of the molecule is O=C1CCOc2cc(C(O)C(O)CCBr)ccc21. The van der Waals surface area contributed by atoms with Gasteiger partial charge in [-0.05, 0) is 24.1 Å². The second-order valence-electron chi connectivity index (χ2n) is 4.27. The lowest BCUT2D eigenvalue weighted by Gasteiger charge is -2.21. The smallest absolute Gasteiger partial charge is 0.169 e. The molecule has 1 aromatic rings. The van der Waals surface area contributed by atoms with E-state index in [0.717, 1.165) is 0 Å². The fourth-order valence-electron chi connectivity index (χ4n) is 1.95. The van der Waals surface area contributed by atoms with Crippen molar-refractivity contribution >= 4 is 21.7 Å². The molecule has 1 aliphatic rings. The molecule has 0 bridgehead atoms. The first kappa shape index (κ1) is 13.5. The molecule has 2 N–H and O–H groups in total. The number of carbonyl (C=O) groups excluding carboxylic acids is 1. The minimum Gasteiger partial charge on any atom is -0.492 e. The van der Waals surface area contributed by atoms with E-state index in [1.165, 1.54) is 0 Å². The first-order valence-electron chi connectivity index (χ1n) is 5.85. The molecular formula is C13H15BrO4. The van der Waals surface area contributed by atoms with Crippen molar-refractivity contribution in [1.82, 2.24) is 0 Å². The maximum atomic E-state index is 11.6. The third-order valence-corrected chi connectivity index (χ3v) is 3.46. The van der Waals surface area contributed by atoms with Gasteiger partial charge in [0.15, 0.2) is 5.78 Å². The zero-order valence-corrected chi connectivity index (χ0v) is 11.4. The Labute approximate surface area is 114 Å². The summed E-state index contributed by atoms with van der Waals surface area (Å²) in [5, 5.41) is 20.3. The Morgan fingerprint density at radius 1 is 1.39 bits per heavy atom. The van der Waals surface area contributed by atoms with Crippen LogP contribution in [-0.4, -0.2) is 34.0 Å². The van der Waals surface area contributed by atoms with Gasteiger partial charge in [-0.3, -0.25) is 4.79 Å². The number of aliphatic hydroxyl groups is 2. The standard InChI is InChI=1S/C13H15BrO4/c14-5-3-11(16)13(17)8-1-2-9-10(15)4-6-18-12(9)7-8/h1-2,7,11,13,16-17H,3-6H2. The molecule has 2 unspecified atom stereocenters. The summed E-state index contributed by atoms with van der Waals surface area (Å²) < 4.78 is 5.40. The molecule has 0 amide bonds. The Bertz CT molecular complexity index is 447. The predicted molar refractivity (Wildman–Crippen MR) is 70.3 cm³/mol. The molecular weight excluding hydrogens is 300 g/mol. The first-order chi connectivity index (χ1) is 8.63. The third-order valence-electron chi connectivity index (χ3n) is 3.00. The van der Waals surface area contributed by atoms with Crippen LogP contribution in [-0.2, 0) is 0 Å². The highest BCUT2D eigenvalue weighted by atomic mass is 79.9. The molecule has 0 aliphatic carbocycles. The summed E-state index contributed by atoms with van der Waals surface area (Å²) in [6, 6.07) is 4.94. The predicted octanol–water partition coefficient (Wildman–Crippen LogP) is 1.83. The quantitative estimate of drug-likeness (QED) is 0.832. The van der Waals surface area contributed by atoms with Crippen LogP contribution in [0.5, 0.6) is 5.75 Å². The largest absolute Gasteiger partial charge is 0.492 e. The van der Waals surface area contributed by atoms with E-state index in [-0.39, 0.29) is 5.78 Å². The summed E-state index contributed by atoms with van der Waals surface area (Å²) >= 11 is 3.22. The average molecular weight is 315 g/mol. The normalized spacial score (nSPS) is 17.8. The van der Waals surface area contributed by atoms with Crippen LogP contribution in [0.2, 0.25) is 0 Å². The molecule has 0 saturated heterocycles. The van der Waals surface area contributed by atoms with Crippen molar-refractivity contribution in [3.63, 3.8) is 0 Å². The van der Waals surface area contributed by atoms with E-state index in [4.69, 9.17) is 4.74 Å². The van der Waals surface area contributed by atoms with Gasteiger partial charge in [0.2, 0.25) is 0 Å². The number of halogens is 1. The molecule has 2 rings (SSSR count). The number of carbonyl (C=O) groups is 1. The van der Waals surface area contributed by atoms with E-state index in [0.29, 0.717) is 41.7 Å². The topological polar surface area (TPSA) is 66.8 Å². The van der Waals surface area contributed by atoms with Crippen molar-refractivity contribution in [3.8, 4) is 5.75 Å². The Morgan fingerprint density at radius 2 is 2.17 bits per heavy atom. The van der Waals surface area contributed by atoms with Crippen LogP contribution in [0, 0.1) is 0 Å².